The first kappa shape index (κ1) is 10.6. The van der Waals surface area contributed by atoms with Gasteiger partial charge < -0.3 is 0 Å². The molecule has 13 heavy (non-hydrogen) atoms. The molecule has 0 aromatic heterocycles. The number of halogens is 2. The smallest absolute Gasteiger partial charge is 0.0992 e. The summed E-state index contributed by atoms with van der Waals surface area (Å²) in [6.45, 7) is 0. The topological polar surface area (TPSA) is 23.8 Å². The van der Waals surface area contributed by atoms with Crippen LogP contribution in [0.4, 0.5) is 0 Å². The summed E-state index contributed by atoms with van der Waals surface area (Å²) in [5, 5.41) is 10.3. The fourth-order valence-corrected chi connectivity index (χ4v) is 1.67. The highest BCUT2D eigenvalue weighted by molar-refractivity contribution is 9.09. The lowest BCUT2D eigenvalue weighted by molar-refractivity contribution is 0.939. The molecule has 0 aliphatic carbocycles. The Balaban J connectivity index is 2.83. The third kappa shape index (κ3) is 3.38. The third-order valence-electron chi connectivity index (χ3n) is 1.69. The van der Waals surface area contributed by atoms with Crippen LogP contribution in [0.3, 0.4) is 0 Å². The van der Waals surface area contributed by atoms with Crippen LogP contribution in [-0.4, -0.2) is 5.33 Å². The summed E-state index contributed by atoms with van der Waals surface area (Å²) in [4.78, 5) is 0. The molecule has 0 spiro atoms. The monoisotopic (exact) mass is 257 g/mol. The molecule has 0 aliphatic heterocycles. The molecule has 0 amide bonds. The van der Waals surface area contributed by atoms with Crippen LogP contribution >= 0.6 is 27.5 Å². The Bertz CT molecular complexity index is 330. The zero-order valence-electron chi connectivity index (χ0n) is 7.06. The molecule has 1 nitrogen and oxygen atoms in total. The van der Waals surface area contributed by atoms with E-state index in [1.807, 2.05) is 12.1 Å². The molecule has 0 heterocycles. The van der Waals surface area contributed by atoms with E-state index in [1.165, 1.54) is 0 Å². The summed E-state index contributed by atoms with van der Waals surface area (Å²) in [6, 6.07) is 7.56. The van der Waals surface area contributed by atoms with Crippen molar-refractivity contribution in [3.05, 3.63) is 34.3 Å². The highest BCUT2D eigenvalue weighted by Gasteiger charge is 1.98. The van der Waals surface area contributed by atoms with Gasteiger partial charge in [0.2, 0.25) is 0 Å². The molecule has 0 atom stereocenters. The number of hydrogen-bond donors (Lipinski definition) is 0. The lowest BCUT2D eigenvalue weighted by atomic mass is 10.1. The van der Waals surface area contributed by atoms with Crippen molar-refractivity contribution in [3.8, 4) is 6.07 Å². The summed E-state index contributed by atoms with van der Waals surface area (Å²) < 4.78 is 0. The molecule has 0 fully saturated rings. The minimum Gasteiger partial charge on any atom is -0.192 e. The first-order chi connectivity index (χ1) is 6.26. The maximum absolute atomic E-state index is 8.69. The molecule has 0 aliphatic rings. The average molecular weight is 259 g/mol. The Morgan fingerprint density at radius 1 is 1.38 bits per heavy atom. The van der Waals surface area contributed by atoms with Gasteiger partial charge in [0.25, 0.3) is 0 Å². The van der Waals surface area contributed by atoms with Gasteiger partial charge >= 0.3 is 0 Å². The predicted octanol–water partition coefficient (Wildman–Crippen LogP) is 3.54. The summed E-state index contributed by atoms with van der Waals surface area (Å²) in [7, 11) is 0. The lowest BCUT2D eigenvalue weighted by Gasteiger charge is -2.00. The Kier molecular flexibility index (Phi) is 4.27. The molecule has 0 unspecified atom stereocenters. The Morgan fingerprint density at radius 2 is 2.15 bits per heavy atom. The summed E-state index contributed by atoms with van der Waals surface area (Å²) >= 11 is 9.21. The Morgan fingerprint density at radius 3 is 2.77 bits per heavy atom. The maximum atomic E-state index is 8.69. The molecule has 1 rings (SSSR count). The molecule has 68 valence electrons. The van der Waals surface area contributed by atoms with Crippen LogP contribution in [0.5, 0.6) is 0 Å². The van der Waals surface area contributed by atoms with Gasteiger partial charge in [-0.1, -0.05) is 27.5 Å². The van der Waals surface area contributed by atoms with Crippen molar-refractivity contribution in [2.75, 3.05) is 5.33 Å². The van der Waals surface area contributed by atoms with E-state index in [0.29, 0.717) is 10.6 Å². The van der Waals surface area contributed by atoms with Crippen LogP contribution in [0.1, 0.15) is 17.5 Å². The zero-order valence-corrected chi connectivity index (χ0v) is 9.40. The van der Waals surface area contributed by atoms with E-state index in [2.05, 4.69) is 22.0 Å². The molecule has 0 saturated carbocycles. The molecular formula is C10H9BrClN. The van der Waals surface area contributed by atoms with Gasteiger partial charge in [0.05, 0.1) is 11.6 Å². The van der Waals surface area contributed by atoms with Crippen LogP contribution in [-0.2, 0) is 6.42 Å². The number of aryl methyl sites for hydroxylation is 1. The number of nitrogens with zero attached hydrogens (tertiary/aromatic N) is 1. The number of benzene rings is 1. The van der Waals surface area contributed by atoms with Crippen LogP contribution < -0.4 is 0 Å². The van der Waals surface area contributed by atoms with E-state index in [4.69, 9.17) is 16.9 Å². The minimum absolute atomic E-state index is 0.636. The van der Waals surface area contributed by atoms with E-state index in [9.17, 15) is 0 Å². The standard InChI is InChI=1S/C10H9BrClN/c11-3-1-2-8-4-9(7-13)6-10(12)5-8/h4-6H,1-3H2. The van der Waals surface area contributed by atoms with Crippen molar-refractivity contribution in [3.63, 3.8) is 0 Å². The first-order valence-corrected chi connectivity index (χ1v) is 5.51. The number of alkyl halides is 1. The largest absolute Gasteiger partial charge is 0.192 e. The Labute approximate surface area is 91.5 Å². The summed E-state index contributed by atoms with van der Waals surface area (Å²) in [6.07, 6.45) is 2.02. The van der Waals surface area contributed by atoms with Crippen molar-refractivity contribution in [2.45, 2.75) is 12.8 Å². The molecule has 1 aromatic rings. The van der Waals surface area contributed by atoms with Gasteiger partial charge in [-0.2, -0.15) is 5.26 Å². The second kappa shape index (κ2) is 5.26. The van der Waals surface area contributed by atoms with Crippen molar-refractivity contribution in [2.24, 2.45) is 0 Å². The van der Waals surface area contributed by atoms with Crippen molar-refractivity contribution in [1.82, 2.24) is 0 Å². The van der Waals surface area contributed by atoms with Crippen LogP contribution in [0.25, 0.3) is 0 Å². The summed E-state index contributed by atoms with van der Waals surface area (Å²) in [5.74, 6) is 0. The van der Waals surface area contributed by atoms with Gasteiger partial charge in [-0.25, -0.2) is 0 Å². The van der Waals surface area contributed by atoms with Crippen molar-refractivity contribution < 1.29 is 0 Å². The lowest BCUT2D eigenvalue weighted by Crippen LogP contribution is -1.87. The van der Waals surface area contributed by atoms with Crippen molar-refractivity contribution >= 4 is 27.5 Å². The second-order valence-electron chi connectivity index (χ2n) is 2.75. The SMILES string of the molecule is N#Cc1cc(Cl)cc(CCCBr)c1. The number of nitriles is 1. The Hall–Kier alpha value is -0.520. The van der Waals surface area contributed by atoms with Gasteiger partial charge in [-0.15, -0.1) is 0 Å². The maximum Gasteiger partial charge on any atom is 0.0992 e. The van der Waals surface area contributed by atoms with E-state index in [-0.39, 0.29) is 0 Å². The molecule has 0 saturated heterocycles. The third-order valence-corrected chi connectivity index (χ3v) is 2.46. The van der Waals surface area contributed by atoms with E-state index >= 15 is 0 Å². The number of hydrogen-bond acceptors (Lipinski definition) is 1. The van der Waals surface area contributed by atoms with Gasteiger partial charge in [-0.05, 0) is 36.6 Å². The van der Waals surface area contributed by atoms with Crippen LogP contribution in [0, 0.1) is 11.3 Å². The predicted molar refractivity (Wildman–Crippen MR) is 58.3 cm³/mol. The molecule has 0 N–H and O–H groups in total. The van der Waals surface area contributed by atoms with E-state index < -0.39 is 0 Å². The minimum atomic E-state index is 0.636. The molecule has 3 heteroatoms. The normalized spacial score (nSPS) is 9.62. The summed E-state index contributed by atoms with van der Waals surface area (Å²) in [5.41, 5.74) is 1.76. The van der Waals surface area contributed by atoms with Gasteiger partial charge in [0.15, 0.2) is 0 Å². The van der Waals surface area contributed by atoms with Gasteiger partial charge in [-0.3, -0.25) is 0 Å². The zero-order chi connectivity index (χ0) is 9.68. The molecule has 0 bridgehead atoms. The highest BCUT2D eigenvalue weighted by Crippen LogP contribution is 2.16. The molecule has 0 radical (unpaired) electrons. The first-order valence-electron chi connectivity index (χ1n) is 4.02. The fraction of sp³-hybridized carbons (Fsp3) is 0.300. The van der Waals surface area contributed by atoms with Gasteiger partial charge in [0, 0.05) is 10.4 Å². The highest BCUT2D eigenvalue weighted by atomic mass is 79.9. The molecule has 1 aromatic carbocycles. The fourth-order valence-electron chi connectivity index (χ4n) is 1.13. The van der Waals surface area contributed by atoms with Gasteiger partial charge in [0.1, 0.15) is 0 Å². The average Bonchev–Trinajstić information content (AvgIpc) is 2.14. The van der Waals surface area contributed by atoms with E-state index in [1.54, 1.807) is 6.07 Å². The van der Waals surface area contributed by atoms with Crippen LogP contribution in [0.15, 0.2) is 18.2 Å². The van der Waals surface area contributed by atoms with Crippen LogP contribution in [0.2, 0.25) is 5.02 Å². The van der Waals surface area contributed by atoms with Crippen molar-refractivity contribution in [1.29, 1.82) is 5.26 Å². The van der Waals surface area contributed by atoms with E-state index in [0.717, 1.165) is 23.7 Å². The quantitative estimate of drug-likeness (QED) is 0.761. The number of rotatable bonds is 3. The second-order valence-corrected chi connectivity index (χ2v) is 3.98. The molecular weight excluding hydrogens is 249 g/mol.